The number of nitrogens with one attached hydrogen (secondary N) is 1. The number of hydrogen-bond acceptors (Lipinski definition) is 4. The Morgan fingerprint density at radius 2 is 2.15 bits per heavy atom. The normalized spacial score (nSPS) is 17.4. The molecule has 0 atom stereocenters. The van der Waals surface area contributed by atoms with Crippen LogP contribution in [-0.4, -0.2) is 56.2 Å². The maximum atomic E-state index is 11.9. The Morgan fingerprint density at radius 3 is 2.89 bits per heavy atom. The van der Waals surface area contributed by atoms with Crippen molar-refractivity contribution in [3.63, 3.8) is 0 Å². The van der Waals surface area contributed by atoms with Gasteiger partial charge in [0.1, 0.15) is 5.75 Å². The van der Waals surface area contributed by atoms with E-state index in [0.29, 0.717) is 6.61 Å². The van der Waals surface area contributed by atoms with Gasteiger partial charge >= 0.3 is 5.97 Å². The van der Waals surface area contributed by atoms with Crippen LogP contribution in [0.1, 0.15) is 37.8 Å². The molecule has 1 aromatic carbocycles. The second-order valence-corrected chi connectivity index (χ2v) is 7.04. The first-order chi connectivity index (χ1) is 13.2. The lowest BCUT2D eigenvalue weighted by molar-refractivity contribution is -0.149. The van der Waals surface area contributed by atoms with Gasteiger partial charge in [-0.25, -0.2) is 0 Å². The van der Waals surface area contributed by atoms with E-state index in [-0.39, 0.29) is 11.9 Å². The van der Waals surface area contributed by atoms with Gasteiger partial charge in [-0.3, -0.25) is 9.79 Å². The first-order valence-electron chi connectivity index (χ1n) is 10.2. The summed E-state index contributed by atoms with van der Waals surface area (Å²) >= 11 is 0. The predicted octanol–water partition coefficient (Wildman–Crippen LogP) is 2.40. The summed E-state index contributed by atoms with van der Waals surface area (Å²) < 4.78 is 10.7. The van der Waals surface area contributed by atoms with E-state index >= 15 is 0 Å². The number of carbonyl (C=O) groups excluding carboxylic acids is 1. The average molecular weight is 373 g/mol. The molecule has 148 valence electrons. The van der Waals surface area contributed by atoms with Gasteiger partial charge in [-0.1, -0.05) is 12.1 Å². The predicted molar refractivity (Wildman–Crippen MR) is 106 cm³/mol. The lowest BCUT2D eigenvalue weighted by Gasteiger charge is -2.33. The fraction of sp³-hybridized carbons (Fsp3) is 0.619. The summed E-state index contributed by atoms with van der Waals surface area (Å²) in [6.45, 7) is 8.46. The molecule has 6 nitrogen and oxygen atoms in total. The van der Waals surface area contributed by atoms with E-state index in [1.165, 1.54) is 11.1 Å². The van der Waals surface area contributed by atoms with Gasteiger partial charge in [-0.05, 0) is 50.3 Å². The van der Waals surface area contributed by atoms with Crippen molar-refractivity contribution in [2.75, 3.05) is 39.4 Å². The number of esters is 1. The molecule has 1 fully saturated rings. The molecule has 0 spiro atoms. The van der Waals surface area contributed by atoms with Gasteiger partial charge in [0.05, 0.1) is 19.1 Å². The highest BCUT2D eigenvalue weighted by molar-refractivity contribution is 5.80. The van der Waals surface area contributed by atoms with E-state index in [2.05, 4.69) is 35.3 Å². The van der Waals surface area contributed by atoms with Gasteiger partial charge in [-0.15, -0.1) is 0 Å². The molecule has 0 unspecified atom stereocenters. The van der Waals surface area contributed by atoms with Crippen LogP contribution in [0.5, 0.6) is 5.75 Å². The van der Waals surface area contributed by atoms with Crippen LogP contribution < -0.4 is 10.1 Å². The Hall–Kier alpha value is -2.24. The molecule has 0 aliphatic carbocycles. The molecule has 2 heterocycles. The van der Waals surface area contributed by atoms with E-state index in [1.807, 2.05) is 6.92 Å². The summed E-state index contributed by atoms with van der Waals surface area (Å²) in [6.07, 6.45) is 3.58. The molecule has 1 N–H and O–H groups in total. The number of ether oxygens (including phenoxy) is 2. The van der Waals surface area contributed by atoms with Crippen LogP contribution in [0.25, 0.3) is 0 Å². The number of nitrogens with zero attached hydrogens (tertiary/aromatic N) is 2. The molecule has 1 saturated heterocycles. The van der Waals surface area contributed by atoms with E-state index in [0.717, 1.165) is 70.2 Å². The third kappa shape index (κ3) is 5.15. The Morgan fingerprint density at radius 1 is 1.33 bits per heavy atom. The van der Waals surface area contributed by atoms with Gasteiger partial charge in [-0.2, -0.15) is 0 Å². The standard InChI is InChI=1S/C21H31N3O3/c1-3-22-21(24-12-8-17(9-13-24)20(25)26-4-2)23-11-7-16-5-6-19-18(15-16)10-14-27-19/h5-6,15,17H,3-4,7-14H2,1-2H3,(H,22,23). The molecule has 0 radical (unpaired) electrons. The fourth-order valence-electron chi connectivity index (χ4n) is 3.70. The minimum atomic E-state index is -0.0559. The smallest absolute Gasteiger partial charge is 0.309 e. The molecule has 0 amide bonds. The third-order valence-electron chi connectivity index (χ3n) is 5.17. The number of likely N-dealkylation sites (tertiary alicyclic amines) is 1. The third-order valence-corrected chi connectivity index (χ3v) is 5.17. The first kappa shape index (κ1) is 19.5. The van der Waals surface area contributed by atoms with E-state index in [9.17, 15) is 4.79 Å². The highest BCUT2D eigenvalue weighted by Gasteiger charge is 2.27. The van der Waals surface area contributed by atoms with Gasteiger partial charge in [0.15, 0.2) is 5.96 Å². The second-order valence-electron chi connectivity index (χ2n) is 7.04. The van der Waals surface area contributed by atoms with Crippen molar-refractivity contribution in [1.29, 1.82) is 0 Å². The molecule has 0 saturated carbocycles. The topological polar surface area (TPSA) is 63.2 Å². The van der Waals surface area contributed by atoms with Gasteiger partial charge < -0.3 is 19.7 Å². The summed E-state index contributed by atoms with van der Waals surface area (Å²) in [5.41, 5.74) is 2.62. The number of rotatable bonds is 6. The van der Waals surface area contributed by atoms with Gasteiger partial charge in [0.2, 0.25) is 0 Å². The number of hydrogen-bond donors (Lipinski definition) is 1. The van der Waals surface area contributed by atoms with Crippen molar-refractivity contribution >= 4 is 11.9 Å². The van der Waals surface area contributed by atoms with Crippen LogP contribution in [0, 0.1) is 5.92 Å². The van der Waals surface area contributed by atoms with Gasteiger partial charge in [0.25, 0.3) is 0 Å². The Labute approximate surface area is 161 Å². The lowest BCUT2D eigenvalue weighted by Crippen LogP contribution is -2.46. The quantitative estimate of drug-likeness (QED) is 0.471. The minimum Gasteiger partial charge on any atom is -0.493 e. The zero-order chi connectivity index (χ0) is 19.1. The molecule has 0 bridgehead atoms. The number of guanidine groups is 1. The number of benzene rings is 1. The van der Waals surface area contributed by atoms with E-state index < -0.39 is 0 Å². The molecule has 27 heavy (non-hydrogen) atoms. The van der Waals surface area contributed by atoms with Gasteiger partial charge in [0, 0.05) is 32.6 Å². The number of aliphatic imine (C=N–C) groups is 1. The fourth-order valence-corrected chi connectivity index (χ4v) is 3.70. The first-order valence-corrected chi connectivity index (χ1v) is 10.2. The summed E-state index contributed by atoms with van der Waals surface area (Å²) in [4.78, 5) is 19.0. The lowest BCUT2D eigenvalue weighted by atomic mass is 9.97. The molecule has 2 aliphatic rings. The molecular weight excluding hydrogens is 342 g/mol. The molecular formula is C21H31N3O3. The highest BCUT2D eigenvalue weighted by atomic mass is 16.5. The molecule has 1 aromatic rings. The minimum absolute atomic E-state index is 0.0257. The Kier molecular flexibility index (Phi) is 6.96. The Bertz CT molecular complexity index is 667. The maximum Gasteiger partial charge on any atom is 0.309 e. The van der Waals surface area contributed by atoms with Crippen molar-refractivity contribution in [2.45, 2.75) is 39.5 Å². The van der Waals surface area contributed by atoms with Crippen molar-refractivity contribution in [3.05, 3.63) is 29.3 Å². The van der Waals surface area contributed by atoms with Crippen LogP contribution in [0.4, 0.5) is 0 Å². The monoisotopic (exact) mass is 373 g/mol. The molecule has 2 aliphatic heterocycles. The van der Waals surface area contributed by atoms with Crippen molar-refractivity contribution in [2.24, 2.45) is 10.9 Å². The maximum absolute atomic E-state index is 11.9. The van der Waals surface area contributed by atoms with Crippen LogP contribution in [0.2, 0.25) is 0 Å². The van der Waals surface area contributed by atoms with Crippen LogP contribution in [0.15, 0.2) is 23.2 Å². The van der Waals surface area contributed by atoms with Crippen LogP contribution in [0.3, 0.4) is 0 Å². The Balaban J connectivity index is 1.53. The molecule has 3 rings (SSSR count). The summed E-state index contributed by atoms with van der Waals surface area (Å²) in [7, 11) is 0. The second kappa shape index (κ2) is 9.62. The SMILES string of the molecule is CCNC(=NCCc1ccc2c(c1)CCO2)N1CCC(C(=O)OCC)CC1. The summed E-state index contributed by atoms with van der Waals surface area (Å²) in [5.74, 6) is 1.95. The van der Waals surface area contributed by atoms with E-state index in [1.54, 1.807) is 0 Å². The van der Waals surface area contributed by atoms with Crippen LogP contribution in [-0.2, 0) is 22.4 Å². The number of carbonyl (C=O) groups is 1. The van der Waals surface area contributed by atoms with Crippen molar-refractivity contribution in [3.8, 4) is 5.75 Å². The summed E-state index contributed by atoms with van der Waals surface area (Å²) in [6, 6.07) is 6.46. The van der Waals surface area contributed by atoms with Crippen molar-refractivity contribution < 1.29 is 14.3 Å². The molecule has 6 heteroatoms. The van der Waals surface area contributed by atoms with Crippen molar-refractivity contribution in [1.82, 2.24) is 10.2 Å². The van der Waals surface area contributed by atoms with E-state index in [4.69, 9.17) is 14.5 Å². The largest absolute Gasteiger partial charge is 0.493 e. The zero-order valence-electron chi connectivity index (χ0n) is 16.5. The number of fused-ring (bicyclic) bond motifs is 1. The number of piperidine rings is 1. The highest BCUT2D eigenvalue weighted by Crippen LogP contribution is 2.26. The molecule has 0 aromatic heterocycles. The average Bonchev–Trinajstić information content (AvgIpc) is 3.15. The summed E-state index contributed by atoms with van der Waals surface area (Å²) in [5, 5.41) is 3.39. The van der Waals surface area contributed by atoms with Crippen LogP contribution >= 0.6 is 0 Å². The zero-order valence-corrected chi connectivity index (χ0v) is 16.5.